The summed E-state index contributed by atoms with van der Waals surface area (Å²) in [4.78, 5) is 8.84. The van der Waals surface area contributed by atoms with Crippen LogP contribution in [0.1, 0.15) is 5.82 Å². The Hall–Kier alpha value is -2.99. The molecule has 0 atom stereocenters. The molecule has 3 rings (SSSR count). The van der Waals surface area contributed by atoms with E-state index in [1.54, 1.807) is 26.4 Å². The van der Waals surface area contributed by atoms with Crippen molar-refractivity contribution in [1.82, 2.24) is 9.97 Å². The molecule has 2 N–H and O–H groups in total. The average Bonchev–Trinajstić information content (AvgIpc) is 2.61. The van der Waals surface area contributed by atoms with Gasteiger partial charge >= 0.3 is 0 Å². The van der Waals surface area contributed by atoms with Gasteiger partial charge < -0.3 is 20.1 Å². The van der Waals surface area contributed by atoms with E-state index >= 15 is 0 Å². The fourth-order valence-electron chi connectivity index (χ4n) is 2.44. The Balaban J connectivity index is 1.82. The second-order valence-corrected chi connectivity index (χ2v) is 5.92. The Kier molecular flexibility index (Phi) is 5.43. The number of nitrogens with one attached hydrogen (secondary N) is 2. The third-order valence-electron chi connectivity index (χ3n) is 3.60. The minimum absolute atomic E-state index is 0.526. The fourth-order valence-corrected chi connectivity index (χ4v) is 2.69. The summed E-state index contributed by atoms with van der Waals surface area (Å²) in [5.74, 6) is 3.36. The lowest BCUT2D eigenvalue weighted by atomic mass is 10.3. The first-order chi connectivity index (χ1) is 12.6. The molecule has 0 aliphatic carbocycles. The number of hydrogen-bond acceptors (Lipinski definition) is 6. The average molecular weight is 371 g/mol. The van der Waals surface area contributed by atoms with Gasteiger partial charge in [0.15, 0.2) is 0 Å². The van der Waals surface area contributed by atoms with Crippen molar-refractivity contribution in [2.75, 3.05) is 24.9 Å². The lowest BCUT2D eigenvalue weighted by Crippen LogP contribution is -2.01. The number of nitrogens with zero attached hydrogens (tertiary/aromatic N) is 2. The number of ether oxygens (including phenoxy) is 2. The lowest BCUT2D eigenvalue weighted by molar-refractivity contribution is 0.415. The summed E-state index contributed by atoms with van der Waals surface area (Å²) in [6, 6.07) is 14.9. The molecular formula is C19H19ClN4O2. The largest absolute Gasteiger partial charge is 0.497 e. The number of benzene rings is 2. The van der Waals surface area contributed by atoms with E-state index in [4.69, 9.17) is 21.1 Å². The number of aromatic nitrogens is 2. The maximum atomic E-state index is 6.17. The zero-order valence-corrected chi connectivity index (χ0v) is 15.5. The van der Waals surface area contributed by atoms with Gasteiger partial charge in [-0.2, -0.15) is 0 Å². The van der Waals surface area contributed by atoms with Crippen molar-refractivity contribution in [2.24, 2.45) is 0 Å². The highest BCUT2D eigenvalue weighted by Gasteiger charge is 2.06. The van der Waals surface area contributed by atoms with Crippen molar-refractivity contribution in [3.8, 4) is 11.5 Å². The maximum Gasteiger partial charge on any atom is 0.137 e. The first-order valence-electron chi connectivity index (χ1n) is 7.94. The second-order valence-electron chi connectivity index (χ2n) is 5.52. The van der Waals surface area contributed by atoms with Crippen molar-refractivity contribution in [2.45, 2.75) is 6.92 Å². The highest BCUT2D eigenvalue weighted by molar-refractivity contribution is 6.32. The van der Waals surface area contributed by atoms with E-state index < -0.39 is 0 Å². The molecule has 134 valence electrons. The minimum atomic E-state index is 0.526. The Morgan fingerprint density at radius 2 is 1.54 bits per heavy atom. The van der Waals surface area contributed by atoms with Gasteiger partial charge in [-0.25, -0.2) is 9.97 Å². The van der Waals surface area contributed by atoms with Gasteiger partial charge in [-0.15, -0.1) is 0 Å². The molecular weight excluding hydrogens is 352 g/mol. The van der Waals surface area contributed by atoms with Crippen LogP contribution in [0.4, 0.5) is 23.0 Å². The van der Waals surface area contributed by atoms with E-state index in [1.165, 1.54) is 0 Å². The molecule has 26 heavy (non-hydrogen) atoms. The van der Waals surface area contributed by atoms with E-state index in [2.05, 4.69) is 20.6 Å². The second kappa shape index (κ2) is 7.93. The van der Waals surface area contributed by atoms with Crippen LogP contribution in [0.25, 0.3) is 0 Å². The number of rotatable bonds is 6. The molecule has 0 saturated heterocycles. The third-order valence-corrected chi connectivity index (χ3v) is 3.90. The van der Waals surface area contributed by atoms with Crippen molar-refractivity contribution < 1.29 is 9.47 Å². The molecule has 2 aromatic carbocycles. The standard InChI is InChI=1S/C19H19ClN4O2/c1-12-21-18(23-13-5-4-6-15(9-13)25-2)11-19(22-12)24-14-7-8-17(26-3)16(20)10-14/h4-11H,1-3H3,(H2,21,22,23,24). The Morgan fingerprint density at radius 3 is 2.15 bits per heavy atom. The summed E-state index contributed by atoms with van der Waals surface area (Å²) in [5.41, 5.74) is 1.68. The van der Waals surface area contributed by atoms with E-state index in [1.807, 2.05) is 43.3 Å². The van der Waals surface area contributed by atoms with Crippen LogP contribution in [0.3, 0.4) is 0 Å². The van der Waals surface area contributed by atoms with Crippen molar-refractivity contribution >= 4 is 34.6 Å². The normalized spacial score (nSPS) is 10.3. The van der Waals surface area contributed by atoms with Crippen LogP contribution in [0, 0.1) is 6.92 Å². The van der Waals surface area contributed by atoms with Crippen LogP contribution in [0.15, 0.2) is 48.5 Å². The Labute approximate surface area is 157 Å². The molecule has 0 aliphatic heterocycles. The van der Waals surface area contributed by atoms with Gasteiger partial charge in [-0.3, -0.25) is 0 Å². The summed E-state index contributed by atoms with van der Waals surface area (Å²) in [5, 5.41) is 7.01. The van der Waals surface area contributed by atoms with E-state index in [0.717, 1.165) is 17.1 Å². The molecule has 3 aromatic rings. The molecule has 0 fully saturated rings. The van der Waals surface area contributed by atoms with Gasteiger partial charge in [-0.05, 0) is 37.3 Å². The van der Waals surface area contributed by atoms with Gasteiger partial charge in [0.25, 0.3) is 0 Å². The molecule has 6 nitrogen and oxygen atoms in total. The summed E-state index contributed by atoms with van der Waals surface area (Å²) in [7, 11) is 3.22. The van der Waals surface area contributed by atoms with Crippen LogP contribution in [-0.2, 0) is 0 Å². The smallest absolute Gasteiger partial charge is 0.137 e. The quantitative estimate of drug-likeness (QED) is 0.640. The molecule has 0 bridgehead atoms. The van der Waals surface area contributed by atoms with Crippen LogP contribution in [0.2, 0.25) is 5.02 Å². The molecule has 0 amide bonds. The molecule has 0 saturated carbocycles. The Morgan fingerprint density at radius 1 is 0.846 bits per heavy atom. The van der Waals surface area contributed by atoms with Gasteiger partial charge in [0, 0.05) is 23.5 Å². The van der Waals surface area contributed by atoms with Gasteiger partial charge in [0.2, 0.25) is 0 Å². The summed E-state index contributed by atoms with van der Waals surface area (Å²) >= 11 is 6.17. The van der Waals surface area contributed by atoms with Crippen LogP contribution < -0.4 is 20.1 Å². The number of anilines is 4. The van der Waals surface area contributed by atoms with E-state index in [-0.39, 0.29) is 0 Å². The van der Waals surface area contributed by atoms with Crippen molar-refractivity contribution in [3.63, 3.8) is 0 Å². The molecule has 0 radical (unpaired) electrons. The topological polar surface area (TPSA) is 68.3 Å². The highest BCUT2D eigenvalue weighted by atomic mass is 35.5. The maximum absolute atomic E-state index is 6.17. The lowest BCUT2D eigenvalue weighted by Gasteiger charge is -2.12. The summed E-state index contributed by atoms with van der Waals surface area (Å²) in [6.45, 7) is 1.84. The number of aryl methyl sites for hydroxylation is 1. The van der Waals surface area contributed by atoms with Gasteiger partial charge in [-0.1, -0.05) is 17.7 Å². The van der Waals surface area contributed by atoms with Crippen LogP contribution >= 0.6 is 11.6 Å². The first-order valence-corrected chi connectivity index (χ1v) is 8.32. The van der Waals surface area contributed by atoms with E-state index in [9.17, 15) is 0 Å². The van der Waals surface area contributed by atoms with E-state index in [0.29, 0.717) is 28.2 Å². The number of methoxy groups -OCH3 is 2. The third kappa shape index (κ3) is 4.34. The van der Waals surface area contributed by atoms with Crippen LogP contribution in [0.5, 0.6) is 11.5 Å². The highest BCUT2D eigenvalue weighted by Crippen LogP contribution is 2.29. The molecule has 0 spiro atoms. The molecule has 0 aliphatic rings. The minimum Gasteiger partial charge on any atom is -0.497 e. The predicted molar refractivity (Wildman–Crippen MR) is 104 cm³/mol. The molecule has 0 unspecified atom stereocenters. The zero-order valence-electron chi connectivity index (χ0n) is 14.7. The van der Waals surface area contributed by atoms with Gasteiger partial charge in [0.1, 0.15) is 29.0 Å². The number of hydrogen-bond donors (Lipinski definition) is 2. The fraction of sp³-hybridized carbons (Fsp3) is 0.158. The first kappa shape index (κ1) is 17.8. The van der Waals surface area contributed by atoms with Crippen molar-refractivity contribution in [3.05, 3.63) is 59.4 Å². The number of halogens is 1. The predicted octanol–water partition coefficient (Wildman–Crippen LogP) is 4.94. The Bertz CT molecular complexity index is 918. The SMILES string of the molecule is COc1cccc(Nc2cc(Nc3ccc(OC)c(Cl)c3)nc(C)n2)c1. The summed E-state index contributed by atoms with van der Waals surface area (Å²) in [6.07, 6.45) is 0. The molecule has 1 heterocycles. The zero-order chi connectivity index (χ0) is 18.5. The summed E-state index contributed by atoms with van der Waals surface area (Å²) < 4.78 is 10.4. The van der Waals surface area contributed by atoms with Crippen molar-refractivity contribution in [1.29, 1.82) is 0 Å². The molecule has 1 aromatic heterocycles. The molecule has 7 heteroatoms. The monoisotopic (exact) mass is 370 g/mol. The van der Waals surface area contributed by atoms with Crippen LogP contribution in [-0.4, -0.2) is 24.2 Å². The van der Waals surface area contributed by atoms with Gasteiger partial charge in [0.05, 0.1) is 19.2 Å².